The zero-order valence-electron chi connectivity index (χ0n) is 18.3. The Hall–Kier alpha value is -3.35. The predicted octanol–water partition coefficient (Wildman–Crippen LogP) is 4.18. The van der Waals surface area contributed by atoms with Gasteiger partial charge in [-0.2, -0.15) is 0 Å². The van der Waals surface area contributed by atoms with Gasteiger partial charge in [-0.3, -0.25) is 14.6 Å². The maximum absolute atomic E-state index is 13.4. The highest BCUT2D eigenvalue weighted by Crippen LogP contribution is 2.39. The minimum Gasteiger partial charge on any atom is -0.497 e. The van der Waals surface area contributed by atoms with Crippen molar-refractivity contribution in [2.75, 3.05) is 31.0 Å². The fourth-order valence-electron chi connectivity index (χ4n) is 4.19. The molecule has 31 heavy (non-hydrogen) atoms. The minimum atomic E-state index is -0.314. The van der Waals surface area contributed by atoms with Gasteiger partial charge in [-0.05, 0) is 68.5 Å². The van der Waals surface area contributed by atoms with Crippen molar-refractivity contribution >= 4 is 34.6 Å². The van der Waals surface area contributed by atoms with E-state index in [0.717, 1.165) is 41.8 Å². The average Bonchev–Trinajstić information content (AvgIpc) is 3.18. The lowest BCUT2D eigenvalue weighted by Crippen LogP contribution is -2.42. The van der Waals surface area contributed by atoms with E-state index in [1.807, 2.05) is 26.0 Å². The van der Waals surface area contributed by atoms with Crippen LogP contribution in [0.15, 0.2) is 35.3 Å². The molecular formula is C24H27N3O4. The van der Waals surface area contributed by atoms with Crippen LogP contribution in [0.1, 0.15) is 30.4 Å². The van der Waals surface area contributed by atoms with Gasteiger partial charge in [0.1, 0.15) is 18.0 Å². The molecule has 1 aliphatic heterocycles. The molecule has 2 aromatic rings. The first kappa shape index (κ1) is 20.9. The van der Waals surface area contributed by atoms with E-state index in [1.54, 1.807) is 30.2 Å². The van der Waals surface area contributed by atoms with Crippen molar-refractivity contribution < 1.29 is 19.1 Å². The van der Waals surface area contributed by atoms with Crippen LogP contribution in [0.2, 0.25) is 0 Å². The molecule has 1 saturated carbocycles. The Morgan fingerprint density at radius 3 is 2.68 bits per heavy atom. The third kappa shape index (κ3) is 4.00. The Labute approximate surface area is 182 Å². The van der Waals surface area contributed by atoms with Crippen LogP contribution in [0.4, 0.5) is 17.1 Å². The number of hydrogen-bond acceptors (Lipinski definition) is 5. The normalized spacial score (nSPS) is 17.4. The number of aryl methyl sites for hydroxylation is 2. The topological polar surface area (TPSA) is 80.2 Å². The van der Waals surface area contributed by atoms with E-state index in [4.69, 9.17) is 14.5 Å². The van der Waals surface area contributed by atoms with Crippen molar-refractivity contribution in [2.24, 2.45) is 10.9 Å². The van der Waals surface area contributed by atoms with E-state index < -0.39 is 0 Å². The first-order valence-corrected chi connectivity index (χ1v) is 10.4. The van der Waals surface area contributed by atoms with Crippen LogP contribution in [0.3, 0.4) is 0 Å². The number of methoxy groups -OCH3 is 2. The van der Waals surface area contributed by atoms with Gasteiger partial charge in [-0.25, -0.2) is 0 Å². The van der Waals surface area contributed by atoms with Gasteiger partial charge in [-0.15, -0.1) is 0 Å². The third-order valence-electron chi connectivity index (χ3n) is 6.02. The molecule has 2 amide bonds. The van der Waals surface area contributed by atoms with Gasteiger partial charge in [0.05, 0.1) is 37.2 Å². The highest BCUT2D eigenvalue weighted by molar-refractivity contribution is 6.17. The lowest BCUT2D eigenvalue weighted by molar-refractivity contribution is -0.123. The number of nitrogens with one attached hydrogen (secondary N) is 1. The fraction of sp³-hybridized carbons (Fsp3) is 0.375. The molecule has 0 bridgehead atoms. The number of benzene rings is 2. The molecule has 2 aromatic carbocycles. The zero-order valence-corrected chi connectivity index (χ0v) is 18.3. The number of carbonyl (C=O) groups excluding carboxylic acids is 2. The lowest BCUT2D eigenvalue weighted by Gasteiger charge is -2.25. The number of aliphatic imine (C=N–C) groups is 1. The highest BCUT2D eigenvalue weighted by Gasteiger charge is 2.37. The summed E-state index contributed by atoms with van der Waals surface area (Å²) in [5.41, 5.74) is 5.01. The molecule has 0 spiro atoms. The molecule has 0 saturated heterocycles. The molecule has 162 valence electrons. The van der Waals surface area contributed by atoms with Crippen molar-refractivity contribution in [3.8, 4) is 11.5 Å². The van der Waals surface area contributed by atoms with E-state index in [1.165, 1.54) is 7.11 Å². The molecule has 4 rings (SSSR count). The number of amides is 2. The van der Waals surface area contributed by atoms with Gasteiger partial charge in [0.15, 0.2) is 0 Å². The Morgan fingerprint density at radius 2 is 1.94 bits per heavy atom. The molecule has 0 radical (unpaired) electrons. The minimum absolute atomic E-state index is 0.0639. The molecule has 0 aromatic heterocycles. The van der Waals surface area contributed by atoms with Crippen LogP contribution in [0.25, 0.3) is 0 Å². The third-order valence-corrected chi connectivity index (χ3v) is 6.02. The van der Waals surface area contributed by atoms with E-state index >= 15 is 0 Å². The summed E-state index contributed by atoms with van der Waals surface area (Å²) in [6.07, 6.45) is 2.53. The molecule has 1 aliphatic carbocycles. The van der Waals surface area contributed by atoms with Gasteiger partial charge < -0.3 is 19.7 Å². The summed E-state index contributed by atoms with van der Waals surface area (Å²) in [5.74, 6) is 0.482. The second kappa shape index (κ2) is 8.41. The molecule has 1 unspecified atom stereocenters. The fourth-order valence-corrected chi connectivity index (χ4v) is 4.19. The van der Waals surface area contributed by atoms with Gasteiger partial charge in [0.2, 0.25) is 11.8 Å². The summed E-state index contributed by atoms with van der Waals surface area (Å²) in [4.78, 5) is 32.8. The van der Waals surface area contributed by atoms with Crippen LogP contribution in [-0.2, 0) is 9.59 Å². The molecule has 1 atom stereocenters. The molecule has 1 heterocycles. The van der Waals surface area contributed by atoms with E-state index in [2.05, 4.69) is 5.32 Å². The zero-order chi connectivity index (χ0) is 22.1. The predicted molar refractivity (Wildman–Crippen MR) is 121 cm³/mol. The summed E-state index contributed by atoms with van der Waals surface area (Å²) in [6, 6.07) is 9.13. The van der Waals surface area contributed by atoms with Gasteiger partial charge in [-0.1, -0.05) is 0 Å². The van der Waals surface area contributed by atoms with Gasteiger partial charge in [0, 0.05) is 11.8 Å². The molecule has 7 nitrogen and oxygen atoms in total. The van der Waals surface area contributed by atoms with E-state index in [-0.39, 0.29) is 24.3 Å². The highest BCUT2D eigenvalue weighted by atomic mass is 16.5. The van der Waals surface area contributed by atoms with Gasteiger partial charge in [0.25, 0.3) is 0 Å². The summed E-state index contributed by atoms with van der Waals surface area (Å²) >= 11 is 0. The van der Waals surface area contributed by atoms with E-state index in [0.29, 0.717) is 22.9 Å². The van der Waals surface area contributed by atoms with Gasteiger partial charge >= 0.3 is 0 Å². The first-order valence-electron chi connectivity index (χ1n) is 10.4. The summed E-state index contributed by atoms with van der Waals surface area (Å²) in [7, 11) is 3.10. The number of hydrogen-bond donors (Lipinski definition) is 1. The molecule has 7 heteroatoms. The average molecular weight is 421 g/mol. The number of nitrogens with zero attached hydrogens (tertiary/aromatic N) is 2. The Bertz CT molecular complexity index is 1080. The molecule has 1 N–H and O–H groups in total. The largest absolute Gasteiger partial charge is 0.497 e. The smallest absolute Gasteiger partial charge is 0.244 e. The monoisotopic (exact) mass is 421 g/mol. The Kier molecular flexibility index (Phi) is 5.67. The van der Waals surface area contributed by atoms with Crippen LogP contribution >= 0.6 is 0 Å². The van der Waals surface area contributed by atoms with Crippen molar-refractivity contribution in [2.45, 2.75) is 33.1 Å². The maximum atomic E-state index is 13.4. The second-order valence-electron chi connectivity index (χ2n) is 8.01. The lowest BCUT2D eigenvalue weighted by atomic mass is 10.0. The molecule has 2 aliphatic rings. The molecular weight excluding hydrogens is 394 g/mol. The van der Waals surface area contributed by atoms with Crippen LogP contribution in [-0.4, -0.2) is 38.3 Å². The van der Waals surface area contributed by atoms with Crippen molar-refractivity contribution in [3.63, 3.8) is 0 Å². The summed E-state index contributed by atoms with van der Waals surface area (Å²) < 4.78 is 10.6. The maximum Gasteiger partial charge on any atom is 0.244 e. The SMILES string of the molecule is COc1ccc(OC)c(NC(=O)CN2C(=O)C3CCCC3=Nc3cc(C)c(C)cc32)c1. The van der Waals surface area contributed by atoms with Crippen molar-refractivity contribution in [3.05, 3.63) is 41.5 Å². The Balaban J connectivity index is 1.66. The van der Waals surface area contributed by atoms with Crippen LogP contribution in [0.5, 0.6) is 11.5 Å². The summed E-state index contributed by atoms with van der Waals surface area (Å²) in [5, 5.41) is 2.87. The first-order chi connectivity index (χ1) is 14.9. The van der Waals surface area contributed by atoms with E-state index in [9.17, 15) is 9.59 Å². The number of fused-ring (bicyclic) bond motifs is 2. The van der Waals surface area contributed by atoms with Crippen molar-refractivity contribution in [1.29, 1.82) is 0 Å². The second-order valence-corrected chi connectivity index (χ2v) is 8.01. The number of carbonyl (C=O) groups is 2. The Morgan fingerprint density at radius 1 is 1.16 bits per heavy atom. The standard InChI is InChI=1S/C24H27N3O4/c1-14-10-19-21(11-15(14)2)27(24(29)17-6-5-7-18(17)25-19)13-23(28)26-20-12-16(30-3)8-9-22(20)31-4/h8-12,17H,5-7,13H2,1-4H3,(H,26,28). The quantitative estimate of drug-likeness (QED) is 0.785. The number of anilines is 2. The number of ether oxygens (including phenoxy) is 2. The van der Waals surface area contributed by atoms with Crippen LogP contribution < -0.4 is 19.7 Å². The number of rotatable bonds is 5. The molecule has 1 fully saturated rings. The van der Waals surface area contributed by atoms with Crippen molar-refractivity contribution in [1.82, 2.24) is 0 Å². The van der Waals surface area contributed by atoms with Crippen LogP contribution in [0, 0.1) is 19.8 Å². The summed E-state index contributed by atoms with van der Waals surface area (Å²) in [6.45, 7) is 3.92.